The number of aryl methyl sites for hydroxylation is 1. The van der Waals surface area contributed by atoms with Gasteiger partial charge in [0, 0.05) is 41.8 Å². The molecule has 2 heterocycles. The minimum atomic E-state index is 0. The Hall–Kier alpha value is -3.07. The van der Waals surface area contributed by atoms with E-state index in [0.717, 1.165) is 73.6 Å². The van der Waals surface area contributed by atoms with Gasteiger partial charge in [-0.15, -0.1) is 12.4 Å². The lowest BCUT2D eigenvalue weighted by Gasteiger charge is -2.30. The molecule has 1 aliphatic heterocycles. The van der Waals surface area contributed by atoms with Crippen LogP contribution in [0.2, 0.25) is 0 Å². The SMILES string of the molecule is Cc1cc2cc(/C=C/C(=O)NC3CCC(CCN4CCc5ccc(C#N)cc5CC4)CC3)ccc2[nH]1.Cl. The monoisotopic (exact) mass is 516 g/mol. The van der Waals surface area contributed by atoms with Crippen molar-refractivity contribution < 1.29 is 4.79 Å². The van der Waals surface area contributed by atoms with E-state index in [1.165, 1.54) is 35.8 Å². The van der Waals surface area contributed by atoms with Crippen molar-refractivity contribution in [2.45, 2.75) is 57.9 Å². The second kappa shape index (κ2) is 12.4. The van der Waals surface area contributed by atoms with Gasteiger partial charge < -0.3 is 15.2 Å². The standard InChI is InChI=1S/C31H36N4O.ClH/c1-22-18-28-19-24(5-10-30(28)33-22)6-11-31(36)34-29-8-3-23(4-9-29)12-15-35-16-13-26-7-2-25(21-32)20-27(26)14-17-35;/h2,5-7,10-11,18-20,23,29,33H,3-4,8-9,12-17H2,1H3,(H,34,36);1H/b11-6+;. The van der Waals surface area contributed by atoms with E-state index in [4.69, 9.17) is 0 Å². The third-order valence-corrected chi connectivity index (χ3v) is 7.98. The quantitative estimate of drug-likeness (QED) is 0.398. The van der Waals surface area contributed by atoms with Crippen molar-refractivity contribution in [1.82, 2.24) is 15.2 Å². The van der Waals surface area contributed by atoms with E-state index >= 15 is 0 Å². The lowest BCUT2D eigenvalue weighted by Crippen LogP contribution is -2.37. The van der Waals surface area contributed by atoms with Crippen molar-refractivity contribution in [1.29, 1.82) is 5.26 Å². The molecule has 0 saturated heterocycles. The summed E-state index contributed by atoms with van der Waals surface area (Å²) >= 11 is 0. The third kappa shape index (κ3) is 7.03. The Balaban J connectivity index is 0.00000320. The van der Waals surface area contributed by atoms with Crippen molar-refractivity contribution in [3.8, 4) is 6.07 Å². The Morgan fingerprint density at radius 1 is 1.08 bits per heavy atom. The summed E-state index contributed by atoms with van der Waals surface area (Å²) in [5, 5.41) is 13.6. The highest BCUT2D eigenvalue weighted by molar-refractivity contribution is 5.93. The summed E-state index contributed by atoms with van der Waals surface area (Å²) in [6.45, 7) is 5.39. The topological polar surface area (TPSA) is 71.9 Å². The zero-order chi connectivity index (χ0) is 24.9. The normalized spacial score (nSPS) is 20.1. The maximum atomic E-state index is 12.5. The van der Waals surface area contributed by atoms with Crippen LogP contribution in [-0.2, 0) is 17.6 Å². The molecule has 5 nitrogen and oxygen atoms in total. The molecular weight excluding hydrogens is 480 g/mol. The van der Waals surface area contributed by atoms with E-state index in [0.29, 0.717) is 0 Å². The van der Waals surface area contributed by atoms with Crippen molar-refractivity contribution in [3.05, 3.63) is 76.5 Å². The van der Waals surface area contributed by atoms with E-state index in [1.807, 2.05) is 18.2 Å². The number of carbonyl (C=O) groups excluding carboxylic acids is 1. The Kier molecular flexibility index (Phi) is 9.08. The predicted octanol–water partition coefficient (Wildman–Crippen LogP) is 5.95. The van der Waals surface area contributed by atoms with Crippen LogP contribution in [0.25, 0.3) is 17.0 Å². The highest BCUT2D eigenvalue weighted by atomic mass is 35.5. The molecule has 0 radical (unpaired) electrons. The molecule has 0 spiro atoms. The first-order valence-corrected chi connectivity index (χ1v) is 13.4. The number of fused-ring (bicyclic) bond motifs is 2. The average molecular weight is 517 g/mol. The van der Waals surface area contributed by atoms with Gasteiger partial charge >= 0.3 is 0 Å². The summed E-state index contributed by atoms with van der Waals surface area (Å²) in [7, 11) is 0. The van der Waals surface area contributed by atoms with Crippen molar-refractivity contribution in [3.63, 3.8) is 0 Å². The minimum Gasteiger partial charge on any atom is -0.359 e. The van der Waals surface area contributed by atoms with E-state index in [1.54, 1.807) is 6.08 Å². The number of carbonyl (C=O) groups is 1. The summed E-state index contributed by atoms with van der Waals surface area (Å²) in [6.07, 6.45) is 11.5. The Morgan fingerprint density at radius 3 is 2.65 bits per heavy atom. The fourth-order valence-electron chi connectivity index (χ4n) is 5.85. The van der Waals surface area contributed by atoms with Gasteiger partial charge in [-0.1, -0.05) is 12.1 Å². The zero-order valence-corrected chi connectivity index (χ0v) is 22.4. The molecule has 0 unspecified atom stereocenters. The number of halogens is 1. The van der Waals surface area contributed by atoms with Gasteiger partial charge in [-0.25, -0.2) is 0 Å². The molecule has 2 aliphatic rings. The highest BCUT2D eigenvalue weighted by Gasteiger charge is 2.23. The average Bonchev–Trinajstić information content (AvgIpc) is 3.14. The molecule has 1 aromatic heterocycles. The molecule has 2 aromatic carbocycles. The van der Waals surface area contributed by atoms with Crippen LogP contribution in [0.15, 0.2) is 48.5 Å². The van der Waals surface area contributed by atoms with Gasteiger partial charge in [-0.05, 0) is 117 Å². The molecule has 1 amide bonds. The number of hydrogen-bond acceptors (Lipinski definition) is 3. The van der Waals surface area contributed by atoms with Gasteiger partial charge in [0.2, 0.25) is 5.91 Å². The predicted molar refractivity (Wildman–Crippen MR) is 153 cm³/mol. The first-order chi connectivity index (χ1) is 17.6. The summed E-state index contributed by atoms with van der Waals surface area (Å²) in [5.74, 6) is 0.758. The number of nitrogens with one attached hydrogen (secondary N) is 2. The summed E-state index contributed by atoms with van der Waals surface area (Å²) in [5.41, 5.74) is 6.84. The van der Waals surface area contributed by atoms with Gasteiger partial charge in [0.15, 0.2) is 0 Å². The molecule has 1 saturated carbocycles. The second-order valence-electron chi connectivity index (χ2n) is 10.6. The number of hydrogen-bond donors (Lipinski definition) is 2. The van der Waals surface area contributed by atoms with Crippen LogP contribution in [0.1, 0.15) is 60.1 Å². The molecule has 194 valence electrons. The van der Waals surface area contributed by atoms with Crippen LogP contribution in [-0.4, -0.2) is 41.5 Å². The largest absolute Gasteiger partial charge is 0.359 e. The number of amides is 1. The highest BCUT2D eigenvalue weighted by Crippen LogP contribution is 2.28. The third-order valence-electron chi connectivity index (χ3n) is 7.98. The molecule has 0 atom stereocenters. The summed E-state index contributed by atoms with van der Waals surface area (Å²) in [6, 6.07) is 17.1. The number of H-pyrrole nitrogens is 1. The molecule has 1 fully saturated rings. The zero-order valence-electron chi connectivity index (χ0n) is 21.6. The molecule has 6 heteroatoms. The van der Waals surface area contributed by atoms with Gasteiger partial charge in [0.05, 0.1) is 11.6 Å². The van der Waals surface area contributed by atoms with E-state index in [-0.39, 0.29) is 24.4 Å². The van der Waals surface area contributed by atoms with Gasteiger partial charge in [0.1, 0.15) is 0 Å². The number of nitrogens with zero attached hydrogens (tertiary/aromatic N) is 2. The molecule has 5 rings (SSSR count). The fourth-order valence-corrected chi connectivity index (χ4v) is 5.85. The number of benzene rings is 2. The van der Waals surface area contributed by atoms with E-state index < -0.39 is 0 Å². The van der Waals surface area contributed by atoms with Crippen LogP contribution < -0.4 is 5.32 Å². The Morgan fingerprint density at radius 2 is 1.86 bits per heavy atom. The minimum absolute atomic E-state index is 0. The van der Waals surface area contributed by atoms with Crippen LogP contribution in [0.4, 0.5) is 0 Å². The van der Waals surface area contributed by atoms with E-state index in [2.05, 4.69) is 58.5 Å². The number of aromatic amines is 1. The fraction of sp³-hybridized carbons (Fsp3) is 0.419. The smallest absolute Gasteiger partial charge is 0.244 e. The van der Waals surface area contributed by atoms with Crippen molar-refractivity contribution >= 4 is 35.3 Å². The Labute approximate surface area is 226 Å². The van der Waals surface area contributed by atoms with Crippen molar-refractivity contribution in [2.75, 3.05) is 19.6 Å². The lowest BCUT2D eigenvalue weighted by atomic mass is 9.84. The second-order valence-corrected chi connectivity index (χ2v) is 10.6. The first kappa shape index (κ1) is 27.0. The number of rotatable bonds is 6. The van der Waals surface area contributed by atoms with Crippen LogP contribution in [0.5, 0.6) is 0 Å². The molecular formula is C31H37ClN4O. The lowest BCUT2D eigenvalue weighted by molar-refractivity contribution is -0.117. The molecule has 0 bridgehead atoms. The maximum absolute atomic E-state index is 12.5. The van der Waals surface area contributed by atoms with Gasteiger partial charge in [0.25, 0.3) is 0 Å². The summed E-state index contributed by atoms with van der Waals surface area (Å²) in [4.78, 5) is 18.4. The maximum Gasteiger partial charge on any atom is 0.244 e. The summed E-state index contributed by atoms with van der Waals surface area (Å²) < 4.78 is 0. The molecule has 2 N–H and O–H groups in total. The first-order valence-electron chi connectivity index (χ1n) is 13.4. The molecule has 1 aliphatic carbocycles. The Bertz CT molecular complexity index is 1300. The van der Waals surface area contributed by atoms with Gasteiger partial charge in [-0.2, -0.15) is 5.26 Å². The molecule has 37 heavy (non-hydrogen) atoms. The van der Waals surface area contributed by atoms with E-state index in [9.17, 15) is 10.1 Å². The number of aromatic nitrogens is 1. The van der Waals surface area contributed by atoms with Crippen molar-refractivity contribution in [2.24, 2.45) is 5.92 Å². The molecule has 3 aromatic rings. The van der Waals surface area contributed by atoms with Crippen LogP contribution >= 0.6 is 12.4 Å². The van der Waals surface area contributed by atoms with Crippen LogP contribution in [0.3, 0.4) is 0 Å². The van der Waals surface area contributed by atoms with Crippen LogP contribution in [0, 0.1) is 24.2 Å². The van der Waals surface area contributed by atoms with Gasteiger partial charge in [-0.3, -0.25) is 4.79 Å². The number of nitriles is 1.